The maximum atomic E-state index is 10.8. The quantitative estimate of drug-likeness (QED) is 0.241. The van der Waals surface area contributed by atoms with E-state index < -0.39 is 14.9 Å². The molecule has 4 atom stereocenters. The summed E-state index contributed by atoms with van der Waals surface area (Å²) in [4.78, 5) is 3.42. The van der Waals surface area contributed by atoms with E-state index in [1.807, 2.05) is 42.5 Å². The van der Waals surface area contributed by atoms with Gasteiger partial charge in [0.1, 0.15) is 17.6 Å². The van der Waals surface area contributed by atoms with Gasteiger partial charge in [0.2, 0.25) is 0 Å². The molecule has 0 aromatic heterocycles. The molecule has 0 bridgehead atoms. The molecule has 4 rings (SSSR count). The second-order valence-corrected chi connectivity index (χ2v) is 14.4. The Labute approximate surface area is 223 Å². The third kappa shape index (κ3) is 6.96. The maximum Gasteiger partial charge on any atom is 0.500 e. The van der Waals surface area contributed by atoms with Crippen molar-refractivity contribution in [2.45, 2.75) is 58.6 Å². The molecule has 0 spiro atoms. The predicted octanol–water partition coefficient (Wildman–Crippen LogP) is 5.66. The molecule has 3 aromatic rings. The van der Waals surface area contributed by atoms with Gasteiger partial charge in [-0.3, -0.25) is 0 Å². The van der Waals surface area contributed by atoms with Crippen molar-refractivity contribution < 1.29 is 28.2 Å². The Bertz CT molecular complexity index is 1100. The number of benzene rings is 3. The summed E-state index contributed by atoms with van der Waals surface area (Å²) >= 11 is 0. The first-order valence-corrected chi connectivity index (χ1v) is 15.8. The van der Waals surface area contributed by atoms with Crippen LogP contribution in [0.25, 0.3) is 0 Å². The van der Waals surface area contributed by atoms with Crippen molar-refractivity contribution in [1.29, 1.82) is 0 Å². The van der Waals surface area contributed by atoms with E-state index in [0.717, 1.165) is 40.8 Å². The second-order valence-electron chi connectivity index (χ2n) is 9.32. The van der Waals surface area contributed by atoms with Gasteiger partial charge in [-0.2, -0.15) is 0 Å². The van der Waals surface area contributed by atoms with E-state index in [4.69, 9.17) is 18.0 Å². The third-order valence-corrected chi connectivity index (χ3v) is 12.0. The maximum absolute atomic E-state index is 10.8. The van der Waals surface area contributed by atoms with Gasteiger partial charge >= 0.3 is 8.80 Å². The average Bonchev–Trinajstić information content (AvgIpc) is 2.93. The molecule has 1 saturated carbocycles. The molecule has 8 heteroatoms. The number of hydrogen-bond acceptors (Lipinski definition) is 6. The minimum atomic E-state index is -2.62. The zero-order valence-electron chi connectivity index (χ0n) is 21.7. The van der Waals surface area contributed by atoms with Crippen LogP contribution in [0.4, 0.5) is 0 Å². The van der Waals surface area contributed by atoms with Gasteiger partial charge in [0.05, 0.1) is 17.0 Å². The number of phenolic OH excluding ortho intramolecular Hbond substituents is 1. The topological polar surface area (TPSA) is 77.4 Å². The molecule has 0 saturated heterocycles. The molecular weight excluding hydrogens is 504 g/mol. The standard InChI is InChI=1S/C29H36O6SSi/c1-32-37(33-2,34-3)19-18-22-12-17-28(31)29(20-22)35-24-8-7-11-27(21-24)36(25-9-5-4-6-10-25)26-15-13-23(30)14-16-26/h4-11,13-16,21-22,28-29,31H,12,17-20H2,1-3H3/p+1. The Morgan fingerprint density at radius 1 is 0.811 bits per heavy atom. The normalized spacial score (nSPS) is 20.9. The number of aromatic hydroxyl groups is 1. The first-order valence-electron chi connectivity index (χ1n) is 12.7. The summed E-state index contributed by atoms with van der Waals surface area (Å²) in [6, 6.07) is 26.7. The van der Waals surface area contributed by atoms with E-state index in [2.05, 4.69) is 24.3 Å². The molecule has 6 nitrogen and oxygen atoms in total. The molecule has 1 aliphatic carbocycles. The lowest BCUT2D eigenvalue weighted by Crippen LogP contribution is -2.44. The van der Waals surface area contributed by atoms with Crippen LogP contribution in [-0.2, 0) is 24.2 Å². The van der Waals surface area contributed by atoms with Crippen LogP contribution in [0.15, 0.2) is 93.5 Å². The van der Waals surface area contributed by atoms with Crippen LogP contribution in [-0.4, -0.2) is 52.6 Å². The molecule has 198 valence electrons. The molecule has 0 heterocycles. The number of aliphatic hydroxyl groups is 1. The Balaban J connectivity index is 1.51. The second kappa shape index (κ2) is 13.0. The molecule has 0 radical (unpaired) electrons. The number of rotatable bonds is 11. The van der Waals surface area contributed by atoms with Gasteiger partial charge in [-0.05, 0) is 80.1 Å². The van der Waals surface area contributed by atoms with Gasteiger partial charge in [0, 0.05) is 33.4 Å². The number of aliphatic hydroxyl groups excluding tert-OH is 1. The molecule has 2 N–H and O–H groups in total. The molecule has 3 aromatic carbocycles. The highest BCUT2D eigenvalue weighted by atomic mass is 32.2. The minimum Gasteiger partial charge on any atom is -0.508 e. The van der Waals surface area contributed by atoms with Crippen LogP contribution in [0, 0.1) is 5.92 Å². The molecule has 1 aliphatic rings. The first kappa shape index (κ1) is 27.7. The lowest BCUT2D eigenvalue weighted by atomic mass is 9.84. The monoisotopic (exact) mass is 541 g/mol. The summed E-state index contributed by atoms with van der Waals surface area (Å²) in [6.45, 7) is 0. The zero-order chi connectivity index (χ0) is 26.3. The van der Waals surface area contributed by atoms with Crippen molar-refractivity contribution >= 4 is 19.7 Å². The lowest BCUT2D eigenvalue weighted by molar-refractivity contribution is -0.0118. The van der Waals surface area contributed by atoms with Gasteiger partial charge in [-0.25, -0.2) is 0 Å². The highest BCUT2D eigenvalue weighted by Gasteiger charge is 2.40. The summed E-state index contributed by atoms with van der Waals surface area (Å²) in [5.74, 6) is 1.41. The predicted molar refractivity (Wildman–Crippen MR) is 147 cm³/mol. The van der Waals surface area contributed by atoms with Gasteiger partial charge < -0.3 is 28.2 Å². The molecule has 4 unspecified atom stereocenters. The highest BCUT2D eigenvalue weighted by molar-refractivity contribution is 7.97. The molecule has 0 aliphatic heterocycles. The van der Waals surface area contributed by atoms with Crippen molar-refractivity contribution in [3.8, 4) is 11.5 Å². The van der Waals surface area contributed by atoms with Crippen LogP contribution >= 0.6 is 0 Å². The molecule has 37 heavy (non-hydrogen) atoms. The van der Waals surface area contributed by atoms with Crippen molar-refractivity contribution in [2.75, 3.05) is 21.3 Å². The fraction of sp³-hybridized carbons (Fsp3) is 0.379. The van der Waals surface area contributed by atoms with Crippen molar-refractivity contribution in [1.82, 2.24) is 0 Å². The Morgan fingerprint density at radius 3 is 2.14 bits per heavy atom. The zero-order valence-corrected chi connectivity index (χ0v) is 23.5. The van der Waals surface area contributed by atoms with Crippen molar-refractivity contribution in [3.63, 3.8) is 0 Å². The van der Waals surface area contributed by atoms with E-state index in [1.54, 1.807) is 33.5 Å². The van der Waals surface area contributed by atoms with E-state index in [-0.39, 0.29) is 22.7 Å². The van der Waals surface area contributed by atoms with Crippen LogP contribution in [0.2, 0.25) is 6.04 Å². The van der Waals surface area contributed by atoms with Crippen LogP contribution < -0.4 is 4.74 Å². The van der Waals surface area contributed by atoms with Gasteiger partial charge in [0.15, 0.2) is 14.7 Å². The largest absolute Gasteiger partial charge is 0.508 e. The Hall–Kier alpha value is -2.33. The third-order valence-electron chi connectivity index (χ3n) is 7.04. The lowest BCUT2D eigenvalue weighted by Gasteiger charge is -2.34. The first-order chi connectivity index (χ1) is 18.0. The van der Waals surface area contributed by atoms with E-state index in [0.29, 0.717) is 12.3 Å². The Kier molecular flexibility index (Phi) is 9.69. The molecule has 1 fully saturated rings. The Morgan fingerprint density at radius 2 is 1.46 bits per heavy atom. The summed E-state index contributed by atoms with van der Waals surface area (Å²) in [6.07, 6.45) is 2.56. The van der Waals surface area contributed by atoms with E-state index >= 15 is 0 Å². The average molecular weight is 542 g/mol. The van der Waals surface area contributed by atoms with Gasteiger partial charge in [0.25, 0.3) is 0 Å². The minimum absolute atomic E-state index is 0.250. The van der Waals surface area contributed by atoms with Crippen LogP contribution in [0.1, 0.15) is 25.7 Å². The fourth-order valence-electron chi connectivity index (χ4n) is 4.92. The van der Waals surface area contributed by atoms with Gasteiger partial charge in [-0.1, -0.05) is 24.3 Å². The number of hydrogen-bond donors (Lipinski definition) is 2. The van der Waals surface area contributed by atoms with E-state index in [1.165, 1.54) is 4.90 Å². The molecule has 0 amide bonds. The fourth-order valence-corrected chi connectivity index (χ4v) is 8.89. The summed E-state index contributed by atoms with van der Waals surface area (Å²) in [5, 5.41) is 20.6. The summed E-state index contributed by atoms with van der Waals surface area (Å²) in [5.41, 5.74) is 0. The van der Waals surface area contributed by atoms with E-state index in [9.17, 15) is 10.2 Å². The number of ether oxygens (including phenoxy) is 1. The van der Waals surface area contributed by atoms with Crippen LogP contribution in [0.5, 0.6) is 11.5 Å². The van der Waals surface area contributed by atoms with Crippen LogP contribution in [0.3, 0.4) is 0 Å². The van der Waals surface area contributed by atoms with Crippen molar-refractivity contribution in [2.24, 2.45) is 5.92 Å². The van der Waals surface area contributed by atoms with Crippen molar-refractivity contribution in [3.05, 3.63) is 78.9 Å². The smallest absolute Gasteiger partial charge is 0.500 e. The molecular formula is C29H37O6SSi+. The highest BCUT2D eigenvalue weighted by Crippen LogP contribution is 2.36. The van der Waals surface area contributed by atoms with Gasteiger partial charge in [-0.15, -0.1) is 0 Å². The SMILES string of the molecule is CO[Si](CCC1CCC(O)C(Oc2cccc([S+](c3ccccc3)c3ccc(O)cc3)c2)C1)(OC)OC. The summed E-state index contributed by atoms with van der Waals surface area (Å²) in [7, 11) is 1.95. The number of phenols is 1. The summed E-state index contributed by atoms with van der Waals surface area (Å²) < 4.78 is 23.2.